The molecule has 0 radical (unpaired) electrons. The van der Waals surface area contributed by atoms with Crippen LogP contribution in [0.3, 0.4) is 0 Å². The maximum atomic E-state index is 12.2. The van der Waals surface area contributed by atoms with Crippen molar-refractivity contribution < 1.29 is 20.1 Å². The van der Waals surface area contributed by atoms with Gasteiger partial charge in [0.1, 0.15) is 0 Å². The number of carboxylic acid groups (broad SMARTS) is 1. The number of aromatic nitrogens is 2. The molecular weight excluding hydrogens is 384 g/mol. The van der Waals surface area contributed by atoms with E-state index < -0.39 is 12.1 Å². The highest BCUT2D eigenvalue weighted by atomic mass is 16.4. The number of benzene rings is 1. The Bertz CT molecular complexity index is 854. The second-order valence-corrected chi connectivity index (χ2v) is 8.64. The third kappa shape index (κ3) is 7.06. The van der Waals surface area contributed by atoms with Gasteiger partial charge in [0.15, 0.2) is 0 Å². The molecule has 7 heteroatoms. The zero-order valence-corrected chi connectivity index (χ0v) is 17.9. The van der Waals surface area contributed by atoms with E-state index >= 15 is 0 Å². The lowest BCUT2D eigenvalue weighted by Crippen LogP contribution is -2.33. The fraction of sp³-hybridized carbons (Fsp3) is 0.565. The molecule has 1 atom stereocenters. The van der Waals surface area contributed by atoms with Gasteiger partial charge in [-0.15, -0.1) is 0 Å². The van der Waals surface area contributed by atoms with E-state index in [-0.39, 0.29) is 23.4 Å². The molecule has 0 aliphatic heterocycles. The molecule has 0 saturated carbocycles. The highest BCUT2D eigenvalue weighted by Crippen LogP contribution is 2.28. The first-order valence-corrected chi connectivity index (χ1v) is 10.6. The second kappa shape index (κ2) is 11.0. The standard InChI is InChI=1S/C23H34N2O5/c1-23(2,16-17-10-6-5-7-11-17)19(26)14-15-25-18(21(29)24-22(25)30)12-8-3-4-9-13-20(27)28/h5-7,10-11,19,26,29H,3-4,8-9,12-16H2,1-2H3,(H,24,30)(H,27,28). The molecule has 1 unspecified atom stereocenters. The molecule has 0 spiro atoms. The van der Waals surface area contributed by atoms with Gasteiger partial charge in [0.2, 0.25) is 5.88 Å². The zero-order valence-electron chi connectivity index (χ0n) is 17.9. The predicted octanol–water partition coefficient (Wildman–Crippen LogP) is 3.48. The first kappa shape index (κ1) is 23.7. The van der Waals surface area contributed by atoms with Gasteiger partial charge in [-0.25, -0.2) is 4.79 Å². The quantitative estimate of drug-likeness (QED) is 0.372. The molecule has 0 amide bonds. The van der Waals surface area contributed by atoms with Crippen LogP contribution in [0.5, 0.6) is 5.88 Å². The number of unbranched alkanes of at least 4 members (excludes halogenated alkanes) is 3. The minimum Gasteiger partial charge on any atom is -0.493 e. The SMILES string of the molecule is CC(C)(Cc1ccccc1)C(O)CCn1c(CCCCCCC(=O)O)c(O)[nH]c1=O. The number of aliphatic hydroxyl groups excluding tert-OH is 1. The van der Waals surface area contributed by atoms with Crippen molar-refractivity contribution in [2.75, 3.05) is 0 Å². The van der Waals surface area contributed by atoms with Crippen LogP contribution in [0.25, 0.3) is 0 Å². The molecular formula is C23H34N2O5. The topological polar surface area (TPSA) is 116 Å². The monoisotopic (exact) mass is 418 g/mol. The summed E-state index contributed by atoms with van der Waals surface area (Å²) in [6.07, 6.45) is 4.24. The van der Waals surface area contributed by atoms with E-state index in [4.69, 9.17) is 5.11 Å². The summed E-state index contributed by atoms with van der Waals surface area (Å²) in [6.45, 7) is 4.35. The van der Waals surface area contributed by atoms with E-state index in [0.29, 0.717) is 31.5 Å². The van der Waals surface area contributed by atoms with Crippen LogP contribution in [0.15, 0.2) is 35.1 Å². The van der Waals surface area contributed by atoms with Gasteiger partial charge >= 0.3 is 11.7 Å². The van der Waals surface area contributed by atoms with Crippen LogP contribution in [0.1, 0.15) is 63.6 Å². The number of imidazole rings is 1. The summed E-state index contributed by atoms with van der Waals surface area (Å²) in [5.74, 6) is -0.913. The molecule has 30 heavy (non-hydrogen) atoms. The lowest BCUT2D eigenvalue weighted by molar-refractivity contribution is -0.137. The van der Waals surface area contributed by atoms with E-state index in [9.17, 15) is 19.8 Å². The molecule has 1 aromatic heterocycles. The van der Waals surface area contributed by atoms with E-state index in [1.807, 2.05) is 44.2 Å². The van der Waals surface area contributed by atoms with Crippen molar-refractivity contribution in [1.82, 2.24) is 9.55 Å². The van der Waals surface area contributed by atoms with Gasteiger partial charge in [-0.1, -0.05) is 57.0 Å². The van der Waals surface area contributed by atoms with Crippen molar-refractivity contribution in [2.24, 2.45) is 5.41 Å². The van der Waals surface area contributed by atoms with Crippen LogP contribution in [-0.4, -0.2) is 36.9 Å². The van der Waals surface area contributed by atoms with Crippen LogP contribution < -0.4 is 5.69 Å². The summed E-state index contributed by atoms with van der Waals surface area (Å²) in [5, 5.41) is 29.5. The Hall–Kier alpha value is -2.54. The number of H-pyrrole nitrogens is 1. The van der Waals surface area contributed by atoms with Gasteiger partial charge in [0, 0.05) is 13.0 Å². The normalized spacial score (nSPS) is 12.8. The maximum Gasteiger partial charge on any atom is 0.328 e. The van der Waals surface area contributed by atoms with Gasteiger partial charge < -0.3 is 15.3 Å². The van der Waals surface area contributed by atoms with Crippen LogP contribution >= 0.6 is 0 Å². The maximum absolute atomic E-state index is 12.2. The minimum absolute atomic E-state index is 0.122. The number of carbonyl (C=O) groups is 1. The molecule has 1 aromatic carbocycles. The lowest BCUT2D eigenvalue weighted by Gasteiger charge is -2.31. The molecule has 1 heterocycles. The van der Waals surface area contributed by atoms with Crippen molar-refractivity contribution in [1.29, 1.82) is 0 Å². The number of rotatable bonds is 13. The summed E-state index contributed by atoms with van der Waals surface area (Å²) in [4.78, 5) is 25.2. The van der Waals surface area contributed by atoms with Gasteiger partial charge in [0.25, 0.3) is 0 Å². The van der Waals surface area contributed by atoms with E-state index in [1.54, 1.807) is 0 Å². The summed E-state index contributed by atoms with van der Waals surface area (Å²) >= 11 is 0. The van der Waals surface area contributed by atoms with Crippen molar-refractivity contribution in [3.63, 3.8) is 0 Å². The molecule has 2 aromatic rings. The van der Waals surface area contributed by atoms with E-state index in [1.165, 1.54) is 4.57 Å². The zero-order chi connectivity index (χ0) is 22.1. The minimum atomic E-state index is -0.791. The molecule has 0 saturated heterocycles. The Morgan fingerprint density at radius 3 is 2.47 bits per heavy atom. The molecule has 2 rings (SSSR count). The summed E-state index contributed by atoms with van der Waals surface area (Å²) in [7, 11) is 0. The molecule has 0 bridgehead atoms. The van der Waals surface area contributed by atoms with Gasteiger partial charge in [-0.05, 0) is 43.1 Å². The number of nitrogens with one attached hydrogen (secondary N) is 1. The summed E-state index contributed by atoms with van der Waals surface area (Å²) in [6, 6.07) is 10.0. The largest absolute Gasteiger partial charge is 0.493 e. The Morgan fingerprint density at radius 1 is 1.13 bits per heavy atom. The van der Waals surface area contributed by atoms with E-state index in [2.05, 4.69) is 4.98 Å². The average molecular weight is 419 g/mol. The summed E-state index contributed by atoms with van der Waals surface area (Å²) < 4.78 is 1.51. The lowest BCUT2D eigenvalue weighted by atomic mass is 9.79. The Balaban J connectivity index is 1.91. The third-order valence-corrected chi connectivity index (χ3v) is 5.65. The van der Waals surface area contributed by atoms with Crippen LogP contribution in [0, 0.1) is 5.41 Å². The number of hydrogen-bond donors (Lipinski definition) is 4. The van der Waals surface area contributed by atoms with Crippen molar-refractivity contribution in [3.05, 3.63) is 52.1 Å². The third-order valence-electron chi connectivity index (χ3n) is 5.65. The highest BCUT2D eigenvalue weighted by Gasteiger charge is 2.28. The van der Waals surface area contributed by atoms with Crippen LogP contribution in [-0.2, 0) is 24.2 Å². The average Bonchev–Trinajstić information content (AvgIpc) is 2.95. The number of nitrogens with zero attached hydrogens (tertiary/aromatic N) is 1. The van der Waals surface area contributed by atoms with E-state index in [0.717, 1.165) is 31.2 Å². The number of aromatic hydroxyl groups is 1. The predicted molar refractivity (Wildman–Crippen MR) is 116 cm³/mol. The number of hydrogen-bond acceptors (Lipinski definition) is 4. The second-order valence-electron chi connectivity index (χ2n) is 8.64. The molecule has 166 valence electrons. The van der Waals surface area contributed by atoms with Gasteiger partial charge in [-0.2, -0.15) is 0 Å². The van der Waals surface area contributed by atoms with Crippen LogP contribution in [0.4, 0.5) is 0 Å². The van der Waals surface area contributed by atoms with Gasteiger partial charge in [0.05, 0.1) is 11.8 Å². The van der Waals surface area contributed by atoms with Crippen molar-refractivity contribution in [2.45, 2.75) is 77.9 Å². The fourth-order valence-corrected chi connectivity index (χ4v) is 3.79. The van der Waals surface area contributed by atoms with Crippen LogP contribution in [0.2, 0.25) is 0 Å². The Labute approximate surface area is 177 Å². The Morgan fingerprint density at radius 2 is 1.80 bits per heavy atom. The first-order chi connectivity index (χ1) is 14.2. The van der Waals surface area contributed by atoms with Crippen molar-refractivity contribution >= 4 is 5.97 Å². The van der Waals surface area contributed by atoms with Gasteiger partial charge in [-0.3, -0.25) is 14.3 Å². The number of aromatic amines is 1. The number of aliphatic hydroxyl groups is 1. The highest BCUT2D eigenvalue weighted by molar-refractivity contribution is 5.66. The molecule has 0 fully saturated rings. The molecule has 0 aliphatic carbocycles. The van der Waals surface area contributed by atoms with Crippen molar-refractivity contribution in [3.8, 4) is 5.88 Å². The first-order valence-electron chi connectivity index (χ1n) is 10.6. The fourth-order valence-electron chi connectivity index (χ4n) is 3.79. The number of aliphatic carboxylic acids is 1. The molecule has 0 aliphatic rings. The smallest absolute Gasteiger partial charge is 0.328 e. The Kier molecular flexibility index (Phi) is 8.72. The number of carboxylic acids is 1. The molecule has 7 nitrogen and oxygen atoms in total. The summed E-state index contributed by atoms with van der Waals surface area (Å²) in [5.41, 5.74) is 0.975. The molecule has 4 N–H and O–H groups in total.